The lowest BCUT2D eigenvalue weighted by molar-refractivity contribution is -0.133. The molecule has 2 N–H and O–H groups in total. The van der Waals surface area contributed by atoms with Crippen molar-refractivity contribution in [2.45, 2.75) is 0 Å². The van der Waals surface area contributed by atoms with Crippen molar-refractivity contribution < 1.29 is 28.7 Å². The lowest BCUT2D eigenvalue weighted by Gasteiger charge is -2.08. The number of rotatable bonds is 8. The molecule has 110 valence electrons. The van der Waals surface area contributed by atoms with Crippen LogP contribution in [0.1, 0.15) is 0 Å². The van der Waals surface area contributed by atoms with Gasteiger partial charge in [0.15, 0.2) is 13.2 Å². The molecule has 0 aliphatic heterocycles. The molecule has 0 fully saturated rings. The van der Waals surface area contributed by atoms with E-state index >= 15 is 0 Å². The maximum absolute atomic E-state index is 11.1. The number of ether oxygens (including phenoxy) is 2. The number of nitrogens with zero attached hydrogens (tertiary/aromatic N) is 1. The summed E-state index contributed by atoms with van der Waals surface area (Å²) in [7, 11) is 2.64. The first-order valence-corrected chi connectivity index (χ1v) is 5.51. The average molecular weight is 285 g/mol. The van der Waals surface area contributed by atoms with Crippen molar-refractivity contribution in [3.05, 3.63) is 18.3 Å². The van der Waals surface area contributed by atoms with Crippen LogP contribution in [0.25, 0.3) is 0 Å². The summed E-state index contributed by atoms with van der Waals surface area (Å²) < 4.78 is 10.3. The first-order valence-electron chi connectivity index (χ1n) is 5.51. The van der Waals surface area contributed by atoms with Crippen molar-refractivity contribution in [3.63, 3.8) is 0 Å². The zero-order chi connectivity index (χ0) is 14.8. The van der Waals surface area contributed by atoms with E-state index in [-0.39, 0.29) is 19.1 Å². The van der Waals surface area contributed by atoms with E-state index < -0.39 is 11.8 Å². The number of pyridine rings is 1. The normalized spacial score (nSPS) is 9.70. The molecule has 1 aromatic heterocycles. The molecule has 1 heterocycles. The highest BCUT2D eigenvalue weighted by Gasteiger charge is 2.06. The first-order chi connectivity index (χ1) is 9.65. The Hall–Kier alpha value is -2.39. The number of aromatic nitrogens is 1. The zero-order valence-electron chi connectivity index (χ0n) is 11.0. The molecule has 0 atom stereocenters. The summed E-state index contributed by atoms with van der Waals surface area (Å²) in [6.45, 7) is -0.476. The van der Waals surface area contributed by atoms with Crippen LogP contribution in [0.5, 0.6) is 11.6 Å². The summed E-state index contributed by atoms with van der Waals surface area (Å²) in [6, 6.07) is 2.99. The standard InChI is InChI=1S/C11H15N3O6/c1-17-13-9(15)6-19-8-3-4-12-11(5-8)20-7-10(16)14-18-2/h3-5H,6-7H2,1-2H3,(H,13,15)(H,14,16). The van der Waals surface area contributed by atoms with Crippen molar-refractivity contribution in [1.82, 2.24) is 15.9 Å². The largest absolute Gasteiger partial charge is 0.483 e. The second-order valence-corrected chi connectivity index (χ2v) is 3.37. The minimum atomic E-state index is -0.458. The minimum Gasteiger partial charge on any atom is -0.483 e. The van der Waals surface area contributed by atoms with Gasteiger partial charge in [0.2, 0.25) is 5.88 Å². The fourth-order valence-corrected chi connectivity index (χ4v) is 1.13. The second kappa shape index (κ2) is 8.67. The second-order valence-electron chi connectivity index (χ2n) is 3.37. The number of carbonyl (C=O) groups excluding carboxylic acids is 2. The third-order valence-corrected chi connectivity index (χ3v) is 1.86. The molecule has 0 radical (unpaired) electrons. The number of hydroxylamine groups is 2. The summed E-state index contributed by atoms with van der Waals surface area (Å²) in [5, 5.41) is 0. The lowest BCUT2D eigenvalue weighted by atomic mass is 10.4. The van der Waals surface area contributed by atoms with E-state index in [1.165, 1.54) is 26.5 Å². The smallest absolute Gasteiger partial charge is 0.281 e. The van der Waals surface area contributed by atoms with Gasteiger partial charge in [-0.1, -0.05) is 0 Å². The summed E-state index contributed by atoms with van der Waals surface area (Å²) in [4.78, 5) is 35.0. The molecule has 0 aliphatic rings. The fraction of sp³-hybridized carbons (Fsp3) is 0.364. The molecule has 0 spiro atoms. The first kappa shape index (κ1) is 15.7. The third kappa shape index (κ3) is 5.98. The van der Waals surface area contributed by atoms with Gasteiger partial charge in [-0.15, -0.1) is 0 Å². The van der Waals surface area contributed by atoms with Gasteiger partial charge in [-0.25, -0.2) is 15.9 Å². The van der Waals surface area contributed by atoms with Crippen LogP contribution in [0.2, 0.25) is 0 Å². The molecule has 0 aromatic carbocycles. The number of nitrogens with one attached hydrogen (secondary N) is 2. The van der Waals surface area contributed by atoms with Crippen LogP contribution in [0.3, 0.4) is 0 Å². The summed E-state index contributed by atoms with van der Waals surface area (Å²) in [5.74, 6) is -0.347. The molecular weight excluding hydrogens is 270 g/mol. The van der Waals surface area contributed by atoms with Crippen LogP contribution < -0.4 is 20.4 Å². The van der Waals surface area contributed by atoms with Gasteiger partial charge in [0.25, 0.3) is 11.8 Å². The predicted octanol–water partition coefficient (Wildman–Crippen LogP) is -0.806. The Morgan fingerprint density at radius 3 is 2.30 bits per heavy atom. The molecule has 0 saturated heterocycles. The van der Waals surface area contributed by atoms with Crippen molar-refractivity contribution >= 4 is 11.8 Å². The average Bonchev–Trinajstić information content (AvgIpc) is 2.44. The van der Waals surface area contributed by atoms with Gasteiger partial charge < -0.3 is 9.47 Å². The molecule has 0 bridgehead atoms. The molecule has 0 unspecified atom stereocenters. The Morgan fingerprint density at radius 1 is 1.10 bits per heavy atom. The van der Waals surface area contributed by atoms with Crippen LogP contribution in [0.15, 0.2) is 18.3 Å². The van der Waals surface area contributed by atoms with Crippen molar-refractivity contribution in [2.75, 3.05) is 27.4 Å². The molecule has 0 aliphatic carbocycles. The monoisotopic (exact) mass is 285 g/mol. The van der Waals surface area contributed by atoms with Gasteiger partial charge in [-0.3, -0.25) is 19.3 Å². The Balaban J connectivity index is 2.45. The Bertz CT molecular complexity index is 416. The summed E-state index contributed by atoms with van der Waals surface area (Å²) in [5.41, 5.74) is 4.20. The number of amides is 2. The Labute approximate surface area is 115 Å². The molecule has 9 heteroatoms. The van der Waals surface area contributed by atoms with Gasteiger partial charge in [-0.2, -0.15) is 0 Å². The Kier molecular flexibility index (Phi) is 6.79. The topological polar surface area (TPSA) is 108 Å². The van der Waals surface area contributed by atoms with Gasteiger partial charge in [0.05, 0.1) is 14.2 Å². The highest BCUT2D eigenvalue weighted by Crippen LogP contribution is 2.16. The summed E-state index contributed by atoms with van der Waals surface area (Å²) in [6.07, 6.45) is 1.42. The molecule has 20 heavy (non-hydrogen) atoms. The van der Waals surface area contributed by atoms with Crippen LogP contribution in [0, 0.1) is 0 Å². The van der Waals surface area contributed by atoms with Gasteiger partial charge in [-0.05, 0) is 6.07 Å². The van der Waals surface area contributed by atoms with E-state index in [0.29, 0.717) is 5.75 Å². The van der Waals surface area contributed by atoms with E-state index in [2.05, 4.69) is 25.6 Å². The van der Waals surface area contributed by atoms with Gasteiger partial charge in [0, 0.05) is 12.3 Å². The van der Waals surface area contributed by atoms with Gasteiger partial charge in [0.1, 0.15) is 5.75 Å². The van der Waals surface area contributed by atoms with E-state index in [4.69, 9.17) is 9.47 Å². The highest BCUT2D eigenvalue weighted by atomic mass is 16.6. The van der Waals surface area contributed by atoms with Crippen LogP contribution in [-0.4, -0.2) is 44.2 Å². The van der Waals surface area contributed by atoms with Crippen LogP contribution in [0.4, 0.5) is 0 Å². The third-order valence-electron chi connectivity index (χ3n) is 1.86. The number of hydrogen-bond acceptors (Lipinski definition) is 7. The fourth-order valence-electron chi connectivity index (χ4n) is 1.13. The molecular formula is C11H15N3O6. The SMILES string of the molecule is CONC(=O)COc1ccnc(OCC(=O)NOC)c1. The maximum atomic E-state index is 11.1. The summed E-state index contributed by atoms with van der Waals surface area (Å²) >= 11 is 0. The Morgan fingerprint density at radius 2 is 1.70 bits per heavy atom. The zero-order valence-corrected chi connectivity index (χ0v) is 11.0. The van der Waals surface area contributed by atoms with Crippen LogP contribution >= 0.6 is 0 Å². The van der Waals surface area contributed by atoms with Crippen molar-refractivity contribution in [3.8, 4) is 11.6 Å². The van der Waals surface area contributed by atoms with Crippen LogP contribution in [-0.2, 0) is 19.3 Å². The predicted molar refractivity (Wildman–Crippen MR) is 65.5 cm³/mol. The molecule has 0 saturated carbocycles. The molecule has 9 nitrogen and oxygen atoms in total. The highest BCUT2D eigenvalue weighted by molar-refractivity contribution is 5.76. The van der Waals surface area contributed by atoms with E-state index in [0.717, 1.165) is 0 Å². The quantitative estimate of drug-likeness (QED) is 0.602. The lowest BCUT2D eigenvalue weighted by Crippen LogP contribution is -2.28. The van der Waals surface area contributed by atoms with E-state index in [1.807, 2.05) is 0 Å². The van der Waals surface area contributed by atoms with Crippen molar-refractivity contribution in [2.24, 2.45) is 0 Å². The molecule has 2 amide bonds. The number of carbonyl (C=O) groups is 2. The minimum absolute atomic E-state index is 0.181. The van der Waals surface area contributed by atoms with Crippen molar-refractivity contribution in [1.29, 1.82) is 0 Å². The van der Waals surface area contributed by atoms with Gasteiger partial charge >= 0.3 is 0 Å². The molecule has 1 rings (SSSR count). The number of hydrogen-bond donors (Lipinski definition) is 2. The van der Waals surface area contributed by atoms with E-state index in [9.17, 15) is 9.59 Å². The maximum Gasteiger partial charge on any atom is 0.281 e. The van der Waals surface area contributed by atoms with E-state index in [1.54, 1.807) is 6.07 Å². The molecule has 1 aromatic rings.